The zero-order valence-corrected chi connectivity index (χ0v) is 19.9. The Morgan fingerprint density at radius 3 is 2.65 bits per heavy atom. The molecule has 1 aliphatic rings. The number of halogens is 1. The highest BCUT2D eigenvalue weighted by molar-refractivity contribution is 6.02. The molecule has 2 aromatic heterocycles. The number of nitrogens with one attached hydrogen (secondary N) is 1. The lowest BCUT2D eigenvalue weighted by molar-refractivity contribution is 0.0971. The molecule has 1 N–H and O–H groups in total. The number of hydrogen-bond donors (Lipinski definition) is 1. The maximum atomic E-state index is 13.4. The quantitative estimate of drug-likeness (QED) is 0.437. The van der Waals surface area contributed by atoms with Crippen molar-refractivity contribution in [3.63, 3.8) is 0 Å². The molecule has 0 amide bonds. The molecule has 0 atom stereocenters. The number of aliphatic imine (C=N–C) groups is 2. The molecule has 176 valence electrons. The zero-order chi connectivity index (χ0) is 24.4. The maximum Gasteiger partial charge on any atom is 0.166 e. The zero-order valence-electron chi connectivity index (χ0n) is 19.9. The van der Waals surface area contributed by atoms with E-state index in [-0.39, 0.29) is 11.6 Å². The van der Waals surface area contributed by atoms with Gasteiger partial charge in [-0.15, -0.1) is 0 Å². The van der Waals surface area contributed by atoms with Gasteiger partial charge in [-0.25, -0.2) is 14.1 Å². The Morgan fingerprint density at radius 1 is 1.26 bits per heavy atom. The molecule has 0 fully saturated rings. The van der Waals surface area contributed by atoms with Gasteiger partial charge in [-0.1, -0.05) is 6.92 Å². The van der Waals surface area contributed by atoms with Crippen molar-refractivity contribution >= 4 is 24.2 Å². The van der Waals surface area contributed by atoms with Crippen molar-refractivity contribution < 1.29 is 9.18 Å². The maximum absolute atomic E-state index is 13.4. The van der Waals surface area contributed by atoms with E-state index in [1.165, 1.54) is 12.1 Å². The van der Waals surface area contributed by atoms with Crippen LogP contribution in [-0.4, -0.2) is 44.9 Å². The summed E-state index contributed by atoms with van der Waals surface area (Å²) in [5.74, 6) is 1.46. The van der Waals surface area contributed by atoms with Crippen molar-refractivity contribution in [2.45, 2.75) is 39.5 Å². The van der Waals surface area contributed by atoms with E-state index in [2.05, 4.69) is 32.2 Å². The number of aryl methyl sites for hydroxylation is 2. The number of allylic oxidation sites excluding steroid dienone is 1. The van der Waals surface area contributed by atoms with E-state index in [1.54, 1.807) is 34.6 Å². The Balaban J connectivity index is 1.70. The predicted molar refractivity (Wildman–Crippen MR) is 132 cm³/mol. The highest BCUT2D eigenvalue weighted by atomic mass is 19.1. The largest absolute Gasteiger partial charge is 0.323 e. The first-order valence-electron chi connectivity index (χ1n) is 11.2. The molecule has 9 heteroatoms. The van der Waals surface area contributed by atoms with Gasteiger partial charge in [0.2, 0.25) is 0 Å². The highest BCUT2D eigenvalue weighted by Gasteiger charge is 2.26. The van der Waals surface area contributed by atoms with E-state index in [0.29, 0.717) is 41.6 Å². The predicted octanol–water partition coefficient (Wildman–Crippen LogP) is 4.34. The average molecular weight is 462 g/mol. The fourth-order valence-electron chi connectivity index (χ4n) is 4.46. The summed E-state index contributed by atoms with van der Waals surface area (Å²) < 4.78 is 16.9. The van der Waals surface area contributed by atoms with E-state index < -0.39 is 0 Å². The Bertz CT molecular complexity index is 1310. The number of anilines is 1. The van der Waals surface area contributed by atoms with Crippen LogP contribution in [0.1, 0.15) is 47.1 Å². The lowest BCUT2D eigenvalue weighted by Crippen LogP contribution is -2.19. The second-order valence-corrected chi connectivity index (χ2v) is 8.15. The normalized spacial score (nSPS) is 14.3. The molecule has 0 saturated heterocycles. The van der Waals surface area contributed by atoms with Crippen LogP contribution < -0.4 is 5.32 Å². The van der Waals surface area contributed by atoms with Crippen LogP contribution in [0, 0.1) is 12.7 Å². The lowest BCUT2D eigenvalue weighted by atomic mass is 9.95. The third-order valence-corrected chi connectivity index (χ3v) is 6.00. The van der Waals surface area contributed by atoms with Gasteiger partial charge in [0.25, 0.3) is 0 Å². The van der Waals surface area contributed by atoms with Crippen molar-refractivity contribution in [1.82, 2.24) is 19.6 Å². The van der Waals surface area contributed by atoms with Crippen LogP contribution in [-0.2, 0) is 19.9 Å². The molecule has 1 aliphatic carbocycles. The van der Waals surface area contributed by atoms with Crippen LogP contribution in [0.2, 0.25) is 0 Å². The van der Waals surface area contributed by atoms with Crippen molar-refractivity contribution in [3.8, 4) is 11.3 Å². The Hall–Kier alpha value is -3.88. The number of ketones is 1. The molecule has 1 aromatic carbocycles. The van der Waals surface area contributed by atoms with Crippen LogP contribution in [0.15, 0.2) is 46.1 Å². The summed E-state index contributed by atoms with van der Waals surface area (Å²) in [6, 6.07) is 6.36. The summed E-state index contributed by atoms with van der Waals surface area (Å²) in [5.41, 5.74) is 5.02. The molecule has 0 radical (unpaired) electrons. The van der Waals surface area contributed by atoms with Crippen LogP contribution in [0.3, 0.4) is 0 Å². The van der Waals surface area contributed by atoms with Crippen molar-refractivity contribution in [2.24, 2.45) is 17.0 Å². The number of rotatable bonds is 6. The molecule has 0 bridgehead atoms. The number of Topliss-reactive ketones (excluding diaryl/α,β-unsaturated/α-hetero) is 1. The van der Waals surface area contributed by atoms with Gasteiger partial charge in [0, 0.05) is 37.7 Å². The van der Waals surface area contributed by atoms with Crippen LogP contribution >= 0.6 is 0 Å². The van der Waals surface area contributed by atoms with Crippen LogP contribution in [0.4, 0.5) is 10.2 Å². The van der Waals surface area contributed by atoms with Gasteiger partial charge in [-0.3, -0.25) is 14.5 Å². The summed E-state index contributed by atoms with van der Waals surface area (Å²) in [4.78, 5) is 20.9. The van der Waals surface area contributed by atoms with E-state index >= 15 is 0 Å². The van der Waals surface area contributed by atoms with E-state index in [4.69, 9.17) is 0 Å². The molecular weight excluding hydrogens is 433 g/mol. The first kappa shape index (κ1) is 23.3. The van der Waals surface area contributed by atoms with E-state index in [0.717, 1.165) is 35.4 Å². The van der Waals surface area contributed by atoms with Crippen LogP contribution in [0.5, 0.6) is 0 Å². The van der Waals surface area contributed by atoms with E-state index in [9.17, 15) is 9.18 Å². The average Bonchev–Trinajstić information content (AvgIpc) is 3.33. The van der Waals surface area contributed by atoms with Crippen molar-refractivity contribution in [1.29, 1.82) is 0 Å². The van der Waals surface area contributed by atoms with Crippen LogP contribution in [0.25, 0.3) is 11.3 Å². The third-order valence-electron chi connectivity index (χ3n) is 6.00. The Labute approximate surface area is 197 Å². The smallest absolute Gasteiger partial charge is 0.166 e. The number of benzene rings is 1. The SMILES string of the molecule is C=N/C(=C\C(=N/C)n1nc(C)c2c1CCCC2=O)Nc1nn(C)c(-c2ccc(F)cc2)c1CC. The number of fused-ring (bicyclic) bond motifs is 1. The van der Waals surface area contributed by atoms with Crippen molar-refractivity contribution in [3.05, 3.63) is 64.5 Å². The van der Waals surface area contributed by atoms with Gasteiger partial charge in [0.15, 0.2) is 17.4 Å². The lowest BCUT2D eigenvalue weighted by Gasteiger charge is -2.14. The van der Waals surface area contributed by atoms with Gasteiger partial charge in [0.05, 0.1) is 22.6 Å². The number of carbonyl (C=O) groups is 1. The molecule has 0 saturated carbocycles. The summed E-state index contributed by atoms with van der Waals surface area (Å²) in [7, 11) is 3.52. The number of nitrogens with zero attached hydrogens (tertiary/aromatic N) is 6. The molecular formula is C25H28FN7O. The Kier molecular flexibility index (Phi) is 6.54. The molecule has 3 aromatic rings. The van der Waals surface area contributed by atoms with Gasteiger partial charge in [0.1, 0.15) is 11.6 Å². The van der Waals surface area contributed by atoms with Gasteiger partial charge >= 0.3 is 0 Å². The molecule has 0 aliphatic heterocycles. The molecule has 34 heavy (non-hydrogen) atoms. The second kappa shape index (κ2) is 9.54. The minimum atomic E-state index is -0.285. The number of hydrogen-bond acceptors (Lipinski definition) is 6. The van der Waals surface area contributed by atoms with Gasteiger partial charge in [-0.05, 0) is 57.2 Å². The fraction of sp³-hybridized carbons (Fsp3) is 0.320. The second-order valence-electron chi connectivity index (χ2n) is 8.15. The molecule has 0 spiro atoms. The molecule has 0 unspecified atom stereocenters. The fourth-order valence-corrected chi connectivity index (χ4v) is 4.46. The third kappa shape index (κ3) is 4.21. The summed E-state index contributed by atoms with van der Waals surface area (Å²) in [6.07, 6.45) is 4.55. The monoisotopic (exact) mass is 461 g/mol. The minimum absolute atomic E-state index is 0.124. The summed E-state index contributed by atoms with van der Waals surface area (Å²) in [5, 5.41) is 12.5. The first-order valence-corrected chi connectivity index (χ1v) is 11.2. The summed E-state index contributed by atoms with van der Waals surface area (Å²) >= 11 is 0. The standard InChI is InChI=1S/C25H28FN7O/c1-6-18-24(16-10-12-17(26)13-11-16)32(5)31-25(18)29-21(27-3)14-22(28-4)33-19-8-7-9-20(34)23(19)15(2)30-33/h10-14H,3,6-9H2,1-2,4-5H3,(H,29,31)/b21-14+,28-22+. The summed E-state index contributed by atoms with van der Waals surface area (Å²) in [6.45, 7) is 7.58. The van der Waals surface area contributed by atoms with Gasteiger partial charge in [-0.2, -0.15) is 10.2 Å². The first-order chi connectivity index (χ1) is 16.4. The highest BCUT2D eigenvalue weighted by Crippen LogP contribution is 2.30. The van der Waals surface area contributed by atoms with Crippen molar-refractivity contribution in [2.75, 3.05) is 12.4 Å². The van der Waals surface area contributed by atoms with E-state index in [1.807, 2.05) is 20.9 Å². The Morgan fingerprint density at radius 2 is 2.00 bits per heavy atom. The molecule has 2 heterocycles. The van der Waals surface area contributed by atoms with Gasteiger partial charge < -0.3 is 5.32 Å². The topological polar surface area (TPSA) is 89.5 Å². The number of aromatic nitrogens is 4. The molecule has 8 nitrogen and oxygen atoms in total. The number of carbonyl (C=O) groups excluding carboxylic acids is 1. The minimum Gasteiger partial charge on any atom is -0.323 e. The molecule has 4 rings (SSSR count).